The number of sulfone groups is 1. The Balaban J connectivity index is 2.77. The maximum absolute atomic E-state index is 11.9. The molecule has 0 aliphatic rings. The first-order valence-electron chi connectivity index (χ1n) is 5.82. The third kappa shape index (κ3) is 2.76. The van der Waals surface area contributed by atoms with Crippen LogP contribution in [0.1, 0.15) is 0 Å². The number of rotatable bonds is 3. The highest BCUT2D eigenvalue weighted by Gasteiger charge is 2.19. The Morgan fingerprint density at radius 3 is 2.21 bits per heavy atom. The van der Waals surface area contributed by atoms with E-state index in [-0.39, 0.29) is 4.90 Å². The lowest BCUT2D eigenvalue weighted by Gasteiger charge is -2.20. The van der Waals surface area contributed by atoms with Gasteiger partial charge in [-0.15, -0.1) is 0 Å². The minimum absolute atomic E-state index is 0.249. The number of hydrogen-bond acceptors (Lipinski definition) is 4. The molecule has 2 rings (SSSR count). The van der Waals surface area contributed by atoms with Crippen molar-refractivity contribution in [3.8, 4) is 11.1 Å². The molecule has 0 atom stereocenters. The zero-order valence-corrected chi connectivity index (χ0v) is 12.0. The molecule has 0 radical (unpaired) electrons. The molecule has 0 bridgehead atoms. The molecule has 19 heavy (non-hydrogen) atoms. The summed E-state index contributed by atoms with van der Waals surface area (Å²) in [6, 6.07) is 9.64. The van der Waals surface area contributed by atoms with Crippen molar-refractivity contribution in [2.24, 2.45) is 0 Å². The normalized spacial score (nSPS) is 11.3. The molecule has 100 valence electrons. The van der Waals surface area contributed by atoms with Crippen molar-refractivity contribution in [2.75, 3.05) is 25.3 Å². The fourth-order valence-electron chi connectivity index (χ4n) is 2.00. The van der Waals surface area contributed by atoms with Crippen molar-refractivity contribution in [3.63, 3.8) is 0 Å². The van der Waals surface area contributed by atoms with Gasteiger partial charge in [0.2, 0.25) is 0 Å². The monoisotopic (exact) mass is 276 g/mol. The van der Waals surface area contributed by atoms with Crippen molar-refractivity contribution in [2.45, 2.75) is 4.90 Å². The third-order valence-electron chi connectivity index (χ3n) is 2.82. The zero-order chi connectivity index (χ0) is 14.0. The molecule has 0 N–H and O–H groups in total. The molecule has 0 unspecified atom stereocenters. The van der Waals surface area contributed by atoms with Gasteiger partial charge in [0.05, 0.1) is 5.69 Å². The molecule has 1 heterocycles. The Morgan fingerprint density at radius 1 is 1.05 bits per heavy atom. The van der Waals surface area contributed by atoms with Crippen LogP contribution in [0, 0.1) is 0 Å². The quantitative estimate of drug-likeness (QED) is 0.862. The molecule has 2 aromatic rings. The molecule has 1 aromatic carbocycles. The van der Waals surface area contributed by atoms with E-state index in [4.69, 9.17) is 0 Å². The zero-order valence-electron chi connectivity index (χ0n) is 11.2. The van der Waals surface area contributed by atoms with E-state index < -0.39 is 9.84 Å². The number of hydrogen-bond donors (Lipinski definition) is 0. The largest absolute Gasteiger partial charge is 0.376 e. The van der Waals surface area contributed by atoms with Crippen LogP contribution in [0.2, 0.25) is 0 Å². The number of aromatic nitrogens is 1. The molecule has 0 spiro atoms. The van der Waals surface area contributed by atoms with Gasteiger partial charge in [-0.05, 0) is 5.56 Å². The van der Waals surface area contributed by atoms with E-state index in [1.165, 1.54) is 12.5 Å². The summed E-state index contributed by atoms with van der Waals surface area (Å²) in [6.45, 7) is 0. The lowest BCUT2D eigenvalue weighted by molar-refractivity contribution is 0.601. The fraction of sp³-hybridized carbons (Fsp3) is 0.214. The maximum atomic E-state index is 11.9. The van der Waals surface area contributed by atoms with E-state index in [9.17, 15) is 8.42 Å². The lowest BCUT2D eigenvalue weighted by Crippen LogP contribution is -2.15. The molecule has 1 aromatic heterocycles. The van der Waals surface area contributed by atoms with Crippen LogP contribution in [0.25, 0.3) is 11.1 Å². The second-order valence-electron chi connectivity index (χ2n) is 4.57. The summed E-state index contributed by atoms with van der Waals surface area (Å²) < 4.78 is 23.8. The Bertz CT molecular complexity index is 680. The summed E-state index contributed by atoms with van der Waals surface area (Å²) >= 11 is 0. The predicted molar refractivity (Wildman–Crippen MR) is 77.1 cm³/mol. The van der Waals surface area contributed by atoms with E-state index in [0.29, 0.717) is 5.69 Å². The minimum Gasteiger partial charge on any atom is -0.376 e. The molecule has 5 heteroatoms. The van der Waals surface area contributed by atoms with Gasteiger partial charge >= 0.3 is 0 Å². The van der Waals surface area contributed by atoms with Gasteiger partial charge in [0.25, 0.3) is 0 Å². The number of anilines is 1. The summed E-state index contributed by atoms with van der Waals surface area (Å²) in [7, 11) is 0.346. The second-order valence-corrected chi connectivity index (χ2v) is 6.55. The SMILES string of the molecule is CN(C)c1c(-c2ccccc2)cncc1S(C)(=O)=O. The highest BCUT2D eigenvalue weighted by Crippen LogP contribution is 2.34. The third-order valence-corrected chi connectivity index (χ3v) is 3.91. The van der Waals surface area contributed by atoms with E-state index in [1.54, 1.807) is 11.1 Å². The average Bonchev–Trinajstić information content (AvgIpc) is 2.37. The van der Waals surface area contributed by atoms with Crippen LogP contribution in [0.15, 0.2) is 47.6 Å². The van der Waals surface area contributed by atoms with Gasteiger partial charge in [0.1, 0.15) is 4.90 Å². The standard InChI is InChI=1S/C14H16N2O2S/c1-16(2)14-12(11-7-5-4-6-8-11)9-15-10-13(14)19(3,17)18/h4-10H,1-3H3. The van der Waals surface area contributed by atoms with E-state index in [1.807, 2.05) is 44.4 Å². The molecular formula is C14H16N2O2S. The fourth-order valence-corrected chi connectivity index (χ4v) is 2.89. The van der Waals surface area contributed by atoms with Crippen molar-refractivity contribution in [3.05, 3.63) is 42.7 Å². The number of nitrogens with zero attached hydrogens (tertiary/aromatic N) is 2. The molecular weight excluding hydrogens is 260 g/mol. The van der Waals surface area contributed by atoms with Gasteiger partial charge in [-0.25, -0.2) is 8.42 Å². The van der Waals surface area contributed by atoms with Gasteiger partial charge in [-0.2, -0.15) is 0 Å². The Morgan fingerprint density at radius 2 is 1.68 bits per heavy atom. The Labute approximate surface area is 113 Å². The van der Waals surface area contributed by atoms with Crippen LogP contribution < -0.4 is 4.90 Å². The van der Waals surface area contributed by atoms with Crippen molar-refractivity contribution in [1.29, 1.82) is 0 Å². The average molecular weight is 276 g/mol. The molecule has 0 aliphatic carbocycles. The topological polar surface area (TPSA) is 50.3 Å². The molecule has 0 saturated heterocycles. The molecule has 0 saturated carbocycles. The van der Waals surface area contributed by atoms with Gasteiger partial charge in [-0.1, -0.05) is 30.3 Å². The molecule has 4 nitrogen and oxygen atoms in total. The number of benzene rings is 1. The first-order chi connectivity index (χ1) is 8.91. The summed E-state index contributed by atoms with van der Waals surface area (Å²) in [5, 5.41) is 0. The van der Waals surface area contributed by atoms with Crippen LogP contribution >= 0.6 is 0 Å². The smallest absolute Gasteiger partial charge is 0.179 e. The molecule has 0 aliphatic heterocycles. The lowest BCUT2D eigenvalue weighted by atomic mass is 10.1. The maximum Gasteiger partial charge on any atom is 0.179 e. The summed E-state index contributed by atoms with van der Waals surface area (Å²) in [4.78, 5) is 6.12. The number of pyridine rings is 1. The first kappa shape index (κ1) is 13.5. The van der Waals surface area contributed by atoms with Crippen LogP contribution in [0.4, 0.5) is 5.69 Å². The van der Waals surface area contributed by atoms with Crippen LogP contribution in [-0.4, -0.2) is 33.8 Å². The van der Waals surface area contributed by atoms with E-state index in [0.717, 1.165) is 11.1 Å². The molecule has 0 amide bonds. The van der Waals surface area contributed by atoms with Crippen molar-refractivity contribution >= 4 is 15.5 Å². The van der Waals surface area contributed by atoms with Gasteiger partial charge in [0, 0.05) is 38.3 Å². The summed E-state index contributed by atoms with van der Waals surface area (Å²) in [5.74, 6) is 0. The summed E-state index contributed by atoms with van der Waals surface area (Å²) in [5.41, 5.74) is 2.43. The van der Waals surface area contributed by atoms with Crippen LogP contribution in [-0.2, 0) is 9.84 Å². The van der Waals surface area contributed by atoms with Crippen molar-refractivity contribution in [1.82, 2.24) is 4.98 Å². The molecule has 0 fully saturated rings. The first-order valence-corrected chi connectivity index (χ1v) is 7.71. The van der Waals surface area contributed by atoms with Crippen LogP contribution in [0.5, 0.6) is 0 Å². The van der Waals surface area contributed by atoms with E-state index in [2.05, 4.69) is 4.98 Å². The minimum atomic E-state index is -3.31. The summed E-state index contributed by atoms with van der Waals surface area (Å²) in [6.07, 6.45) is 4.29. The Hall–Kier alpha value is -1.88. The van der Waals surface area contributed by atoms with Gasteiger partial charge in [-0.3, -0.25) is 4.98 Å². The highest BCUT2D eigenvalue weighted by atomic mass is 32.2. The highest BCUT2D eigenvalue weighted by molar-refractivity contribution is 7.90. The van der Waals surface area contributed by atoms with E-state index >= 15 is 0 Å². The van der Waals surface area contributed by atoms with Gasteiger partial charge in [0.15, 0.2) is 9.84 Å². The van der Waals surface area contributed by atoms with Crippen LogP contribution in [0.3, 0.4) is 0 Å². The second kappa shape index (κ2) is 5.01. The van der Waals surface area contributed by atoms with Gasteiger partial charge < -0.3 is 4.90 Å². The Kier molecular flexibility index (Phi) is 3.57. The predicted octanol–water partition coefficient (Wildman–Crippen LogP) is 2.22. The van der Waals surface area contributed by atoms with Crippen molar-refractivity contribution < 1.29 is 8.42 Å².